The van der Waals surface area contributed by atoms with Crippen molar-refractivity contribution in [3.8, 4) is 0 Å². The summed E-state index contributed by atoms with van der Waals surface area (Å²) in [5.74, 6) is -0.214. The summed E-state index contributed by atoms with van der Waals surface area (Å²) >= 11 is 0. The quantitative estimate of drug-likeness (QED) is 0.847. The molecular weight excluding hydrogens is 339 g/mol. The first kappa shape index (κ1) is 19.4. The molecule has 1 aliphatic carbocycles. The van der Waals surface area contributed by atoms with Crippen molar-refractivity contribution in [3.05, 3.63) is 65.0 Å². The summed E-state index contributed by atoms with van der Waals surface area (Å²) in [5.41, 5.74) is 4.67. The second kappa shape index (κ2) is 8.97. The van der Waals surface area contributed by atoms with Gasteiger partial charge in [0.25, 0.3) is 0 Å². The van der Waals surface area contributed by atoms with E-state index in [1.54, 1.807) is 6.92 Å². The lowest BCUT2D eigenvalue weighted by Crippen LogP contribution is -2.36. The Morgan fingerprint density at radius 3 is 2.68 bits per heavy atom. The Morgan fingerprint density at radius 2 is 1.96 bits per heavy atom. The second-order valence-corrected chi connectivity index (χ2v) is 6.39. The zero-order valence-electron chi connectivity index (χ0n) is 14.3. The number of halogens is 2. The maximum absolute atomic E-state index is 12.9. The maximum atomic E-state index is 12.9. The molecule has 2 aromatic rings. The number of rotatable bonds is 5. The highest BCUT2D eigenvalue weighted by atomic mass is 35.5. The van der Waals surface area contributed by atoms with Crippen LogP contribution >= 0.6 is 12.4 Å². The SMILES string of the molecule is CC(=O)Nc1cccc2c1CCC(NCCc1ccc(F)cc1)C2.Cl. The van der Waals surface area contributed by atoms with Crippen LogP contribution in [-0.4, -0.2) is 18.5 Å². The zero-order valence-corrected chi connectivity index (χ0v) is 15.2. The van der Waals surface area contributed by atoms with Gasteiger partial charge in [0.05, 0.1) is 0 Å². The fourth-order valence-electron chi connectivity index (χ4n) is 3.36. The van der Waals surface area contributed by atoms with Crippen molar-refractivity contribution in [1.29, 1.82) is 0 Å². The molecule has 0 saturated carbocycles. The predicted molar refractivity (Wildman–Crippen MR) is 102 cm³/mol. The van der Waals surface area contributed by atoms with E-state index in [0.717, 1.165) is 43.5 Å². The van der Waals surface area contributed by atoms with E-state index < -0.39 is 0 Å². The van der Waals surface area contributed by atoms with Crippen LogP contribution in [0.15, 0.2) is 42.5 Å². The molecule has 0 saturated heterocycles. The van der Waals surface area contributed by atoms with Gasteiger partial charge in [-0.2, -0.15) is 0 Å². The molecule has 3 nitrogen and oxygen atoms in total. The van der Waals surface area contributed by atoms with Crippen molar-refractivity contribution in [2.75, 3.05) is 11.9 Å². The molecule has 0 bridgehead atoms. The molecule has 1 aliphatic rings. The minimum atomic E-state index is -0.189. The number of carbonyl (C=O) groups excluding carboxylic acids is 1. The second-order valence-electron chi connectivity index (χ2n) is 6.39. The summed E-state index contributed by atoms with van der Waals surface area (Å²) in [6.07, 6.45) is 3.91. The molecule has 0 aromatic heterocycles. The fourth-order valence-corrected chi connectivity index (χ4v) is 3.36. The number of benzene rings is 2. The van der Waals surface area contributed by atoms with Crippen molar-refractivity contribution < 1.29 is 9.18 Å². The molecule has 0 heterocycles. The lowest BCUT2D eigenvalue weighted by atomic mass is 9.87. The number of fused-ring (bicyclic) bond motifs is 1. The molecule has 134 valence electrons. The number of nitrogens with one attached hydrogen (secondary N) is 2. The Bertz CT molecular complexity index is 718. The Hall–Kier alpha value is -1.91. The summed E-state index contributed by atoms with van der Waals surface area (Å²) in [5, 5.41) is 6.53. The molecule has 0 radical (unpaired) electrons. The van der Waals surface area contributed by atoms with Gasteiger partial charge in [0.1, 0.15) is 5.82 Å². The van der Waals surface area contributed by atoms with Crippen molar-refractivity contribution in [2.24, 2.45) is 0 Å². The van der Waals surface area contributed by atoms with Crippen LogP contribution in [0.5, 0.6) is 0 Å². The van der Waals surface area contributed by atoms with Crippen LogP contribution in [0.2, 0.25) is 0 Å². The highest BCUT2D eigenvalue weighted by molar-refractivity contribution is 5.89. The van der Waals surface area contributed by atoms with Crippen molar-refractivity contribution in [1.82, 2.24) is 5.32 Å². The van der Waals surface area contributed by atoms with E-state index in [0.29, 0.717) is 6.04 Å². The first-order valence-corrected chi connectivity index (χ1v) is 8.48. The van der Waals surface area contributed by atoms with E-state index >= 15 is 0 Å². The third-order valence-corrected chi connectivity index (χ3v) is 4.55. The molecule has 1 atom stereocenters. The normalized spacial score (nSPS) is 15.8. The topological polar surface area (TPSA) is 41.1 Å². The first-order chi connectivity index (χ1) is 11.6. The van der Waals surface area contributed by atoms with Gasteiger partial charge in [-0.1, -0.05) is 24.3 Å². The average molecular weight is 363 g/mol. The van der Waals surface area contributed by atoms with E-state index in [1.807, 2.05) is 24.3 Å². The zero-order chi connectivity index (χ0) is 16.9. The van der Waals surface area contributed by atoms with Gasteiger partial charge in [0.15, 0.2) is 0 Å². The largest absolute Gasteiger partial charge is 0.326 e. The smallest absolute Gasteiger partial charge is 0.221 e. The predicted octanol–water partition coefficient (Wildman–Crippen LogP) is 3.90. The minimum absolute atomic E-state index is 0. The third-order valence-electron chi connectivity index (χ3n) is 4.55. The van der Waals surface area contributed by atoms with E-state index in [9.17, 15) is 9.18 Å². The number of carbonyl (C=O) groups is 1. The molecular formula is C20H24ClFN2O. The summed E-state index contributed by atoms with van der Waals surface area (Å²) in [6, 6.07) is 13.3. The average Bonchev–Trinajstić information content (AvgIpc) is 2.56. The summed E-state index contributed by atoms with van der Waals surface area (Å²) in [6.45, 7) is 2.43. The van der Waals surface area contributed by atoms with Gasteiger partial charge in [0.2, 0.25) is 5.91 Å². The first-order valence-electron chi connectivity index (χ1n) is 8.48. The Balaban J connectivity index is 0.00000225. The van der Waals surface area contributed by atoms with Gasteiger partial charge in [-0.15, -0.1) is 12.4 Å². The number of anilines is 1. The molecule has 2 N–H and O–H groups in total. The molecule has 25 heavy (non-hydrogen) atoms. The number of hydrogen-bond acceptors (Lipinski definition) is 2. The monoisotopic (exact) mass is 362 g/mol. The van der Waals surface area contributed by atoms with Crippen LogP contribution in [0, 0.1) is 5.82 Å². The molecule has 0 spiro atoms. The molecule has 1 unspecified atom stereocenters. The van der Waals surface area contributed by atoms with Crippen molar-refractivity contribution in [2.45, 2.75) is 38.6 Å². The molecule has 0 aliphatic heterocycles. The van der Waals surface area contributed by atoms with E-state index in [4.69, 9.17) is 0 Å². The standard InChI is InChI=1S/C20H23FN2O.ClH/c1-14(24)23-20-4-2-3-16-13-18(9-10-19(16)20)22-12-11-15-5-7-17(21)8-6-15;/h2-8,18,22H,9-13H2,1H3,(H,23,24);1H. The molecule has 0 fully saturated rings. The molecule has 1 amide bonds. The van der Waals surface area contributed by atoms with Gasteiger partial charge >= 0.3 is 0 Å². The van der Waals surface area contributed by atoms with Gasteiger partial charge in [-0.05, 0) is 67.1 Å². The van der Waals surface area contributed by atoms with Crippen LogP contribution in [-0.2, 0) is 24.1 Å². The van der Waals surface area contributed by atoms with Gasteiger partial charge in [-0.3, -0.25) is 4.79 Å². The molecule has 3 rings (SSSR count). The Kier molecular flexibility index (Phi) is 6.97. The summed E-state index contributed by atoms with van der Waals surface area (Å²) in [7, 11) is 0. The van der Waals surface area contributed by atoms with E-state index in [2.05, 4.69) is 16.7 Å². The molecule has 5 heteroatoms. The van der Waals surface area contributed by atoms with Crippen LogP contribution in [0.3, 0.4) is 0 Å². The Morgan fingerprint density at radius 1 is 1.20 bits per heavy atom. The van der Waals surface area contributed by atoms with Crippen molar-refractivity contribution in [3.63, 3.8) is 0 Å². The highest BCUT2D eigenvalue weighted by Gasteiger charge is 2.20. The van der Waals surface area contributed by atoms with E-state index in [-0.39, 0.29) is 24.1 Å². The van der Waals surface area contributed by atoms with Crippen LogP contribution in [0.4, 0.5) is 10.1 Å². The fraction of sp³-hybridized carbons (Fsp3) is 0.350. The Labute approximate surface area is 154 Å². The third kappa shape index (κ3) is 5.28. The van der Waals surface area contributed by atoms with Crippen LogP contribution < -0.4 is 10.6 Å². The summed E-state index contributed by atoms with van der Waals surface area (Å²) < 4.78 is 12.9. The number of hydrogen-bond donors (Lipinski definition) is 2. The lowest BCUT2D eigenvalue weighted by molar-refractivity contribution is -0.114. The van der Waals surface area contributed by atoms with Crippen LogP contribution in [0.1, 0.15) is 30.0 Å². The highest BCUT2D eigenvalue weighted by Crippen LogP contribution is 2.28. The van der Waals surface area contributed by atoms with Crippen molar-refractivity contribution >= 4 is 24.0 Å². The van der Waals surface area contributed by atoms with Crippen LogP contribution in [0.25, 0.3) is 0 Å². The summed E-state index contributed by atoms with van der Waals surface area (Å²) in [4.78, 5) is 11.3. The lowest BCUT2D eigenvalue weighted by Gasteiger charge is -2.27. The maximum Gasteiger partial charge on any atom is 0.221 e. The molecule has 2 aromatic carbocycles. The number of amides is 1. The van der Waals surface area contributed by atoms with Gasteiger partial charge < -0.3 is 10.6 Å². The van der Waals surface area contributed by atoms with E-state index in [1.165, 1.54) is 23.3 Å². The minimum Gasteiger partial charge on any atom is -0.326 e. The van der Waals surface area contributed by atoms with Gasteiger partial charge in [-0.25, -0.2) is 4.39 Å². The van der Waals surface area contributed by atoms with Gasteiger partial charge in [0, 0.05) is 18.7 Å².